The third kappa shape index (κ3) is 1.26. The molecule has 3 rings (SSSR count). The molecule has 2 N–H and O–H groups in total. The van der Waals surface area contributed by atoms with Crippen molar-refractivity contribution in [1.29, 1.82) is 0 Å². The van der Waals surface area contributed by atoms with Crippen molar-refractivity contribution in [1.82, 2.24) is 0 Å². The second kappa shape index (κ2) is 3.22. The number of hydrogen-bond donors (Lipinski definition) is 2. The zero-order chi connectivity index (χ0) is 12.5. The minimum atomic E-state index is -0.770. The molecule has 2 bridgehead atoms. The first-order chi connectivity index (χ1) is 7.86. The molecular formula is C12H20O5. The first-order valence-corrected chi connectivity index (χ1v) is 6.17. The topological polar surface area (TPSA) is 68.2 Å². The van der Waals surface area contributed by atoms with E-state index in [-0.39, 0.29) is 12.5 Å². The molecule has 2 heterocycles. The van der Waals surface area contributed by atoms with Crippen molar-refractivity contribution in [2.24, 2.45) is 5.92 Å². The van der Waals surface area contributed by atoms with E-state index in [1.54, 1.807) is 0 Å². The number of hydrogen-bond acceptors (Lipinski definition) is 5. The molecule has 1 unspecified atom stereocenters. The molecule has 1 spiro atoms. The fourth-order valence-corrected chi connectivity index (χ4v) is 3.86. The van der Waals surface area contributed by atoms with Crippen LogP contribution in [0.3, 0.4) is 0 Å². The third-order valence-corrected chi connectivity index (χ3v) is 4.57. The van der Waals surface area contributed by atoms with Gasteiger partial charge >= 0.3 is 0 Å². The molecule has 0 aromatic carbocycles. The third-order valence-electron chi connectivity index (χ3n) is 4.57. The van der Waals surface area contributed by atoms with E-state index in [0.29, 0.717) is 13.0 Å². The van der Waals surface area contributed by atoms with Gasteiger partial charge in [0.05, 0.1) is 13.2 Å². The lowest BCUT2D eigenvalue weighted by Crippen LogP contribution is -2.55. The van der Waals surface area contributed by atoms with E-state index in [9.17, 15) is 10.2 Å². The molecule has 3 fully saturated rings. The van der Waals surface area contributed by atoms with Gasteiger partial charge in [-0.25, -0.2) is 0 Å². The molecular weight excluding hydrogens is 224 g/mol. The maximum atomic E-state index is 10.4. The highest BCUT2D eigenvalue weighted by atomic mass is 16.8. The van der Waals surface area contributed by atoms with Crippen molar-refractivity contribution in [2.75, 3.05) is 13.2 Å². The molecule has 1 saturated carbocycles. The van der Waals surface area contributed by atoms with Crippen LogP contribution in [0.4, 0.5) is 0 Å². The van der Waals surface area contributed by atoms with Gasteiger partial charge in [0.1, 0.15) is 23.4 Å². The van der Waals surface area contributed by atoms with Crippen LogP contribution >= 0.6 is 0 Å². The highest BCUT2D eigenvalue weighted by Crippen LogP contribution is 2.58. The van der Waals surface area contributed by atoms with E-state index in [1.807, 2.05) is 20.8 Å². The van der Waals surface area contributed by atoms with Crippen LogP contribution in [0, 0.1) is 5.92 Å². The summed E-state index contributed by atoms with van der Waals surface area (Å²) in [7, 11) is 0. The Kier molecular flexibility index (Phi) is 2.25. The predicted molar refractivity (Wildman–Crippen MR) is 58.3 cm³/mol. The summed E-state index contributed by atoms with van der Waals surface area (Å²) >= 11 is 0. The zero-order valence-corrected chi connectivity index (χ0v) is 10.5. The number of fused-ring (bicyclic) bond motifs is 1. The summed E-state index contributed by atoms with van der Waals surface area (Å²) in [4.78, 5) is 0. The van der Waals surface area contributed by atoms with Crippen molar-refractivity contribution < 1.29 is 24.4 Å². The standard InChI is InChI=1S/C12H20O5/c1-10(2)16-9-8(14)11(3)7(6-13)12(9,17-10)4-5-15-11/h7-9,13-14H,4-6H2,1-3H3/t7?,8-,9+,11-,12-/m0/s1. The second-order valence-corrected chi connectivity index (χ2v) is 5.96. The monoisotopic (exact) mass is 244 g/mol. The van der Waals surface area contributed by atoms with Crippen molar-refractivity contribution in [2.45, 2.75) is 56.4 Å². The van der Waals surface area contributed by atoms with Gasteiger partial charge in [-0.05, 0) is 20.8 Å². The van der Waals surface area contributed by atoms with Crippen LogP contribution in [-0.2, 0) is 14.2 Å². The summed E-state index contributed by atoms with van der Waals surface area (Å²) in [5.74, 6) is -0.955. The summed E-state index contributed by atoms with van der Waals surface area (Å²) < 4.78 is 17.6. The van der Waals surface area contributed by atoms with Crippen LogP contribution in [0.5, 0.6) is 0 Å². The van der Waals surface area contributed by atoms with Gasteiger partial charge in [-0.1, -0.05) is 0 Å². The Labute approximate surface area is 101 Å². The number of aliphatic hydroxyl groups is 2. The maximum absolute atomic E-state index is 10.4. The fraction of sp³-hybridized carbons (Fsp3) is 1.00. The van der Waals surface area contributed by atoms with Crippen LogP contribution in [0.15, 0.2) is 0 Å². The minimum absolute atomic E-state index is 0.0660. The molecule has 0 aromatic rings. The van der Waals surface area contributed by atoms with Gasteiger partial charge in [0, 0.05) is 12.3 Å². The smallest absolute Gasteiger partial charge is 0.164 e. The molecule has 0 radical (unpaired) electrons. The van der Waals surface area contributed by atoms with Crippen LogP contribution in [0.25, 0.3) is 0 Å². The van der Waals surface area contributed by atoms with Gasteiger partial charge in [-0.2, -0.15) is 0 Å². The minimum Gasteiger partial charge on any atom is -0.396 e. The lowest BCUT2D eigenvalue weighted by molar-refractivity contribution is -0.251. The molecule has 17 heavy (non-hydrogen) atoms. The summed E-state index contributed by atoms with van der Waals surface area (Å²) in [6.45, 7) is 5.98. The van der Waals surface area contributed by atoms with Gasteiger partial charge < -0.3 is 24.4 Å². The highest BCUT2D eigenvalue weighted by molar-refractivity contribution is 5.21. The SMILES string of the molecule is CC1(C)O[C@@H]2[C@H](O)[C@@]3(C)OCC[C@]2(O1)C3CO. The van der Waals surface area contributed by atoms with E-state index < -0.39 is 29.2 Å². The Hall–Kier alpha value is -0.200. The Morgan fingerprint density at radius 2 is 2.00 bits per heavy atom. The molecule has 1 aliphatic carbocycles. The lowest BCUT2D eigenvalue weighted by Gasteiger charge is -2.44. The predicted octanol–water partition coefficient (Wildman–Crippen LogP) is 0.0387. The van der Waals surface area contributed by atoms with Crippen LogP contribution in [0.2, 0.25) is 0 Å². The number of rotatable bonds is 1. The van der Waals surface area contributed by atoms with Crippen LogP contribution in [0.1, 0.15) is 27.2 Å². The molecule has 5 heteroatoms. The first-order valence-electron chi connectivity index (χ1n) is 6.17. The summed E-state index contributed by atoms with van der Waals surface area (Å²) in [5.41, 5.74) is -1.38. The van der Waals surface area contributed by atoms with Gasteiger partial charge in [0.2, 0.25) is 0 Å². The largest absolute Gasteiger partial charge is 0.396 e. The molecule has 98 valence electrons. The molecule has 5 atom stereocenters. The van der Waals surface area contributed by atoms with Gasteiger partial charge in [0.15, 0.2) is 5.79 Å². The van der Waals surface area contributed by atoms with E-state index in [4.69, 9.17) is 14.2 Å². The van der Waals surface area contributed by atoms with E-state index in [1.165, 1.54) is 0 Å². The molecule has 3 aliphatic rings. The molecule has 0 amide bonds. The highest BCUT2D eigenvalue weighted by Gasteiger charge is 2.74. The lowest BCUT2D eigenvalue weighted by atomic mass is 9.79. The van der Waals surface area contributed by atoms with Crippen molar-refractivity contribution in [3.63, 3.8) is 0 Å². The van der Waals surface area contributed by atoms with E-state index in [0.717, 1.165) is 0 Å². The average Bonchev–Trinajstić information content (AvgIpc) is 2.53. The second-order valence-electron chi connectivity index (χ2n) is 5.96. The van der Waals surface area contributed by atoms with E-state index >= 15 is 0 Å². The first kappa shape index (κ1) is 11.9. The van der Waals surface area contributed by atoms with Crippen molar-refractivity contribution >= 4 is 0 Å². The Bertz CT molecular complexity index is 344. The van der Waals surface area contributed by atoms with E-state index in [2.05, 4.69) is 0 Å². The quantitative estimate of drug-likeness (QED) is 0.681. The zero-order valence-electron chi connectivity index (χ0n) is 10.5. The molecule has 0 aromatic heterocycles. The maximum Gasteiger partial charge on any atom is 0.164 e. The normalized spacial score (nSPS) is 55.9. The molecule has 2 aliphatic heterocycles. The van der Waals surface area contributed by atoms with Crippen LogP contribution < -0.4 is 0 Å². The summed E-state index contributed by atoms with van der Waals surface area (Å²) in [5, 5.41) is 20.1. The molecule has 2 saturated heterocycles. The summed E-state index contributed by atoms with van der Waals surface area (Å²) in [6, 6.07) is 0. The fourth-order valence-electron chi connectivity index (χ4n) is 3.86. The Morgan fingerprint density at radius 1 is 1.29 bits per heavy atom. The van der Waals surface area contributed by atoms with Gasteiger partial charge in [-0.15, -0.1) is 0 Å². The van der Waals surface area contributed by atoms with Gasteiger partial charge in [0.25, 0.3) is 0 Å². The van der Waals surface area contributed by atoms with Crippen molar-refractivity contribution in [3.05, 3.63) is 0 Å². The number of ether oxygens (including phenoxy) is 3. The summed E-state index contributed by atoms with van der Waals surface area (Å²) in [6.07, 6.45) is -0.523. The molecule has 5 nitrogen and oxygen atoms in total. The Balaban J connectivity index is 2.07. The van der Waals surface area contributed by atoms with Crippen LogP contribution in [-0.4, -0.2) is 52.6 Å². The Morgan fingerprint density at radius 3 is 2.65 bits per heavy atom. The average molecular weight is 244 g/mol. The number of aliphatic hydroxyl groups excluding tert-OH is 2. The van der Waals surface area contributed by atoms with Crippen molar-refractivity contribution in [3.8, 4) is 0 Å². The van der Waals surface area contributed by atoms with Gasteiger partial charge in [-0.3, -0.25) is 0 Å².